The van der Waals surface area contributed by atoms with E-state index in [1.54, 1.807) is 18.3 Å². The van der Waals surface area contributed by atoms with Crippen LogP contribution in [0.4, 0.5) is 5.69 Å². The zero-order chi connectivity index (χ0) is 15.2. The summed E-state index contributed by atoms with van der Waals surface area (Å²) >= 11 is 0. The Bertz CT molecular complexity index is 596. The molecule has 2 aromatic rings. The quantitative estimate of drug-likeness (QED) is 0.885. The second-order valence-corrected chi connectivity index (χ2v) is 5.51. The van der Waals surface area contributed by atoms with Crippen LogP contribution < -0.4 is 11.1 Å². The molecule has 3 N–H and O–H groups in total. The van der Waals surface area contributed by atoms with Gasteiger partial charge in [0.1, 0.15) is 0 Å². The Labute approximate surface area is 125 Å². The molecule has 0 spiro atoms. The van der Waals surface area contributed by atoms with Crippen molar-refractivity contribution in [1.82, 2.24) is 10.3 Å². The molecule has 2 rings (SSSR count). The summed E-state index contributed by atoms with van der Waals surface area (Å²) in [5.41, 5.74) is 7.58. The topological polar surface area (TPSA) is 68.0 Å². The molecule has 0 aliphatic rings. The molecule has 0 bridgehead atoms. The van der Waals surface area contributed by atoms with Crippen molar-refractivity contribution in [3.05, 3.63) is 59.9 Å². The normalized spacial score (nSPS) is 12.1. The van der Waals surface area contributed by atoms with Gasteiger partial charge in [-0.05, 0) is 30.0 Å². The molecule has 0 radical (unpaired) electrons. The van der Waals surface area contributed by atoms with Crippen LogP contribution in [0.3, 0.4) is 0 Å². The molecular weight excluding hydrogens is 262 g/mol. The highest BCUT2D eigenvalue weighted by molar-refractivity contribution is 5.97. The Hall–Kier alpha value is -2.36. The Morgan fingerprint density at radius 1 is 1.19 bits per heavy atom. The van der Waals surface area contributed by atoms with E-state index < -0.39 is 0 Å². The maximum absolute atomic E-state index is 12.4. The number of rotatable bonds is 5. The summed E-state index contributed by atoms with van der Waals surface area (Å²) in [6.45, 7) is 4.27. The zero-order valence-corrected chi connectivity index (χ0v) is 12.4. The molecule has 0 saturated heterocycles. The van der Waals surface area contributed by atoms with Gasteiger partial charge in [0.15, 0.2) is 5.69 Å². The minimum absolute atomic E-state index is 0.0416. The average molecular weight is 283 g/mol. The lowest BCUT2D eigenvalue weighted by molar-refractivity contribution is 0.0928. The highest BCUT2D eigenvalue weighted by atomic mass is 16.2. The van der Waals surface area contributed by atoms with Gasteiger partial charge in [-0.25, -0.2) is 4.98 Å². The van der Waals surface area contributed by atoms with E-state index in [2.05, 4.69) is 24.1 Å². The SMILES string of the molecule is CC(C)CC(NC(=O)c1ncccc1N)c1ccccc1. The Morgan fingerprint density at radius 3 is 2.52 bits per heavy atom. The molecule has 4 heteroatoms. The van der Waals surface area contributed by atoms with Crippen LogP contribution in [0.5, 0.6) is 0 Å². The average Bonchev–Trinajstić information content (AvgIpc) is 2.47. The molecule has 0 saturated carbocycles. The monoisotopic (exact) mass is 283 g/mol. The summed E-state index contributed by atoms with van der Waals surface area (Å²) in [5, 5.41) is 3.04. The number of aromatic nitrogens is 1. The largest absolute Gasteiger partial charge is 0.397 e. The van der Waals surface area contributed by atoms with E-state index in [9.17, 15) is 4.79 Å². The van der Waals surface area contributed by atoms with Gasteiger partial charge in [-0.2, -0.15) is 0 Å². The van der Waals surface area contributed by atoms with Gasteiger partial charge in [0.05, 0.1) is 11.7 Å². The lowest BCUT2D eigenvalue weighted by Gasteiger charge is -2.21. The number of benzene rings is 1. The van der Waals surface area contributed by atoms with Crippen molar-refractivity contribution >= 4 is 11.6 Å². The van der Waals surface area contributed by atoms with Gasteiger partial charge < -0.3 is 11.1 Å². The van der Waals surface area contributed by atoms with E-state index in [0.717, 1.165) is 12.0 Å². The van der Waals surface area contributed by atoms with Gasteiger partial charge in [0, 0.05) is 6.20 Å². The van der Waals surface area contributed by atoms with Gasteiger partial charge >= 0.3 is 0 Å². The Morgan fingerprint density at radius 2 is 1.90 bits per heavy atom. The molecule has 4 nitrogen and oxygen atoms in total. The predicted molar refractivity (Wildman–Crippen MR) is 84.8 cm³/mol. The van der Waals surface area contributed by atoms with Gasteiger partial charge in [-0.3, -0.25) is 4.79 Å². The van der Waals surface area contributed by atoms with Gasteiger partial charge in [-0.1, -0.05) is 44.2 Å². The smallest absolute Gasteiger partial charge is 0.272 e. The molecule has 1 unspecified atom stereocenters. The first kappa shape index (κ1) is 15.0. The highest BCUT2D eigenvalue weighted by Crippen LogP contribution is 2.22. The van der Waals surface area contributed by atoms with Crippen LogP contribution >= 0.6 is 0 Å². The summed E-state index contributed by atoms with van der Waals surface area (Å²) in [7, 11) is 0. The van der Waals surface area contributed by atoms with E-state index in [0.29, 0.717) is 11.6 Å². The van der Waals surface area contributed by atoms with E-state index in [1.165, 1.54) is 0 Å². The lowest BCUT2D eigenvalue weighted by Crippen LogP contribution is -2.30. The number of amides is 1. The van der Waals surface area contributed by atoms with Crippen molar-refractivity contribution in [3.8, 4) is 0 Å². The van der Waals surface area contributed by atoms with Crippen LogP contribution in [-0.4, -0.2) is 10.9 Å². The number of nitrogen functional groups attached to an aromatic ring is 1. The molecule has 1 amide bonds. The van der Waals surface area contributed by atoms with Crippen LogP contribution in [-0.2, 0) is 0 Å². The van der Waals surface area contributed by atoms with Gasteiger partial charge in [-0.15, -0.1) is 0 Å². The molecule has 1 atom stereocenters. The van der Waals surface area contributed by atoms with Crippen molar-refractivity contribution in [1.29, 1.82) is 0 Å². The zero-order valence-electron chi connectivity index (χ0n) is 12.4. The molecule has 0 aliphatic carbocycles. The number of nitrogens with one attached hydrogen (secondary N) is 1. The Kier molecular flexibility index (Phi) is 4.93. The molecule has 1 aromatic carbocycles. The molecule has 21 heavy (non-hydrogen) atoms. The predicted octanol–water partition coefficient (Wildman–Crippen LogP) is 3.18. The molecule has 0 fully saturated rings. The minimum Gasteiger partial charge on any atom is -0.397 e. The summed E-state index contributed by atoms with van der Waals surface area (Å²) in [6, 6.07) is 13.3. The van der Waals surface area contributed by atoms with Crippen LogP contribution in [0.2, 0.25) is 0 Å². The van der Waals surface area contributed by atoms with Crippen molar-refractivity contribution in [3.63, 3.8) is 0 Å². The first-order valence-corrected chi connectivity index (χ1v) is 7.14. The summed E-state index contributed by atoms with van der Waals surface area (Å²) in [6.07, 6.45) is 2.44. The van der Waals surface area contributed by atoms with Crippen molar-refractivity contribution in [2.45, 2.75) is 26.3 Å². The fourth-order valence-electron chi connectivity index (χ4n) is 2.27. The number of pyridine rings is 1. The fourth-order valence-corrected chi connectivity index (χ4v) is 2.27. The number of anilines is 1. The summed E-state index contributed by atoms with van der Waals surface area (Å²) in [4.78, 5) is 16.4. The molecular formula is C17H21N3O. The first-order valence-electron chi connectivity index (χ1n) is 7.14. The molecule has 1 aromatic heterocycles. The third kappa shape index (κ3) is 4.05. The third-order valence-corrected chi connectivity index (χ3v) is 3.27. The molecule has 1 heterocycles. The maximum Gasteiger partial charge on any atom is 0.272 e. The number of nitrogens with two attached hydrogens (primary N) is 1. The lowest BCUT2D eigenvalue weighted by atomic mass is 9.97. The van der Waals surface area contributed by atoms with E-state index >= 15 is 0 Å². The third-order valence-electron chi connectivity index (χ3n) is 3.27. The number of nitrogens with zero attached hydrogens (tertiary/aromatic N) is 1. The highest BCUT2D eigenvalue weighted by Gasteiger charge is 2.19. The second kappa shape index (κ2) is 6.88. The molecule has 110 valence electrons. The Balaban J connectivity index is 2.19. The van der Waals surface area contributed by atoms with E-state index in [4.69, 9.17) is 5.73 Å². The minimum atomic E-state index is -0.234. The van der Waals surface area contributed by atoms with Crippen LogP contribution in [0, 0.1) is 5.92 Å². The summed E-state index contributed by atoms with van der Waals surface area (Å²) < 4.78 is 0. The number of carbonyl (C=O) groups excluding carboxylic acids is 1. The van der Waals surface area contributed by atoms with Crippen LogP contribution in [0.15, 0.2) is 48.7 Å². The van der Waals surface area contributed by atoms with Crippen LogP contribution in [0.25, 0.3) is 0 Å². The first-order chi connectivity index (χ1) is 10.1. The number of hydrogen-bond donors (Lipinski definition) is 2. The van der Waals surface area contributed by atoms with Crippen molar-refractivity contribution in [2.24, 2.45) is 5.92 Å². The molecule has 0 aliphatic heterocycles. The van der Waals surface area contributed by atoms with Crippen LogP contribution in [0.1, 0.15) is 42.4 Å². The van der Waals surface area contributed by atoms with E-state index in [-0.39, 0.29) is 17.6 Å². The van der Waals surface area contributed by atoms with Gasteiger partial charge in [0.2, 0.25) is 0 Å². The fraction of sp³-hybridized carbons (Fsp3) is 0.294. The standard InChI is InChI=1S/C17H21N3O/c1-12(2)11-15(13-7-4-3-5-8-13)20-17(21)16-14(18)9-6-10-19-16/h3-10,12,15H,11,18H2,1-2H3,(H,20,21). The number of hydrogen-bond acceptors (Lipinski definition) is 3. The van der Waals surface area contributed by atoms with Crippen molar-refractivity contribution in [2.75, 3.05) is 5.73 Å². The second-order valence-electron chi connectivity index (χ2n) is 5.51. The number of carbonyl (C=O) groups is 1. The maximum atomic E-state index is 12.4. The van der Waals surface area contributed by atoms with Crippen molar-refractivity contribution < 1.29 is 4.79 Å². The summed E-state index contributed by atoms with van der Waals surface area (Å²) in [5.74, 6) is 0.235. The van der Waals surface area contributed by atoms with E-state index in [1.807, 2.05) is 30.3 Å². The van der Waals surface area contributed by atoms with Gasteiger partial charge in [0.25, 0.3) is 5.91 Å².